The van der Waals surface area contributed by atoms with Gasteiger partial charge >= 0.3 is 5.97 Å². The number of nitrogens with zero attached hydrogens (tertiary/aromatic N) is 1. The van der Waals surface area contributed by atoms with E-state index in [4.69, 9.17) is 33.0 Å². The van der Waals surface area contributed by atoms with Gasteiger partial charge in [0.15, 0.2) is 0 Å². The van der Waals surface area contributed by atoms with Crippen LogP contribution in [-0.2, 0) is 11.2 Å². The minimum atomic E-state index is -0.795. The summed E-state index contributed by atoms with van der Waals surface area (Å²) in [6.45, 7) is 0. The summed E-state index contributed by atoms with van der Waals surface area (Å²) in [4.78, 5) is 12.0. The second kappa shape index (κ2) is 9.04. The smallest absolute Gasteiger partial charge is 0.303 e. The fourth-order valence-corrected chi connectivity index (χ4v) is 4.57. The second-order valence-electron chi connectivity index (χ2n) is 6.66. The van der Waals surface area contributed by atoms with Gasteiger partial charge in [0.1, 0.15) is 11.5 Å². The van der Waals surface area contributed by atoms with Gasteiger partial charge in [-0.2, -0.15) is 0 Å². The van der Waals surface area contributed by atoms with Crippen LogP contribution in [0.15, 0.2) is 77.8 Å². The molecule has 0 aliphatic rings. The Morgan fingerprint density at radius 3 is 2.37 bits per heavy atom. The maximum Gasteiger partial charge on any atom is 0.303 e. The third-order valence-corrected chi connectivity index (χ3v) is 5.89. The number of aliphatic carboxylic acids is 1. The SMILES string of the molecule is O=C(O)CCc1cn(Sc2ccc(Oc3cc(Cl)cc(Cl)c3)cc2)c2ccccc12. The third kappa shape index (κ3) is 4.93. The Kier molecular flexibility index (Phi) is 6.23. The quantitative estimate of drug-likeness (QED) is 0.315. The highest BCUT2D eigenvalue weighted by Gasteiger charge is 2.11. The van der Waals surface area contributed by atoms with Crippen molar-refractivity contribution in [2.24, 2.45) is 0 Å². The van der Waals surface area contributed by atoms with Crippen molar-refractivity contribution < 1.29 is 14.6 Å². The number of rotatable bonds is 7. The molecule has 0 unspecified atom stereocenters. The number of ether oxygens (including phenoxy) is 1. The average Bonchev–Trinajstić information content (AvgIpc) is 3.05. The maximum atomic E-state index is 11.0. The van der Waals surface area contributed by atoms with Crippen molar-refractivity contribution in [3.05, 3.63) is 88.5 Å². The van der Waals surface area contributed by atoms with Crippen LogP contribution in [0.4, 0.5) is 0 Å². The molecule has 0 atom stereocenters. The molecule has 7 heteroatoms. The molecule has 0 bridgehead atoms. The highest BCUT2D eigenvalue weighted by Crippen LogP contribution is 2.33. The molecule has 0 aliphatic carbocycles. The first kappa shape index (κ1) is 20.7. The number of hydrogen-bond acceptors (Lipinski definition) is 3. The molecule has 4 rings (SSSR count). The second-order valence-corrected chi connectivity index (χ2v) is 8.58. The number of benzene rings is 3. The van der Waals surface area contributed by atoms with E-state index in [9.17, 15) is 4.79 Å². The van der Waals surface area contributed by atoms with E-state index in [-0.39, 0.29) is 6.42 Å². The Morgan fingerprint density at radius 1 is 0.967 bits per heavy atom. The molecule has 1 heterocycles. The average molecular weight is 458 g/mol. The molecule has 152 valence electrons. The fraction of sp³-hybridized carbons (Fsp3) is 0.0870. The summed E-state index contributed by atoms with van der Waals surface area (Å²) in [7, 11) is 0. The summed E-state index contributed by atoms with van der Waals surface area (Å²) in [6, 6.07) is 20.8. The van der Waals surface area contributed by atoms with Crippen molar-refractivity contribution in [1.29, 1.82) is 0 Å². The van der Waals surface area contributed by atoms with Crippen molar-refractivity contribution in [3.8, 4) is 11.5 Å². The van der Waals surface area contributed by atoms with Gasteiger partial charge in [-0.25, -0.2) is 0 Å². The molecule has 0 amide bonds. The van der Waals surface area contributed by atoms with Gasteiger partial charge in [-0.3, -0.25) is 8.77 Å². The first-order chi connectivity index (χ1) is 14.5. The molecular weight excluding hydrogens is 441 g/mol. The fourth-order valence-electron chi connectivity index (χ4n) is 3.14. The molecule has 0 saturated heterocycles. The van der Waals surface area contributed by atoms with Crippen LogP contribution in [0, 0.1) is 0 Å². The lowest BCUT2D eigenvalue weighted by Crippen LogP contribution is -1.96. The molecule has 0 aliphatic heterocycles. The van der Waals surface area contributed by atoms with Gasteiger partial charge in [-0.1, -0.05) is 41.4 Å². The van der Waals surface area contributed by atoms with E-state index in [0.29, 0.717) is 28.0 Å². The van der Waals surface area contributed by atoms with Crippen molar-refractivity contribution in [3.63, 3.8) is 0 Å². The Morgan fingerprint density at radius 2 is 1.67 bits per heavy atom. The summed E-state index contributed by atoms with van der Waals surface area (Å²) < 4.78 is 7.90. The number of carboxylic acids is 1. The molecule has 3 aromatic carbocycles. The topological polar surface area (TPSA) is 51.5 Å². The van der Waals surface area contributed by atoms with Crippen molar-refractivity contribution >= 4 is 52.0 Å². The van der Waals surface area contributed by atoms with E-state index < -0.39 is 5.97 Å². The number of aryl methyl sites for hydroxylation is 1. The number of carbonyl (C=O) groups is 1. The van der Waals surface area contributed by atoms with Crippen LogP contribution in [0.3, 0.4) is 0 Å². The summed E-state index contributed by atoms with van der Waals surface area (Å²) in [6.07, 6.45) is 2.62. The molecule has 4 nitrogen and oxygen atoms in total. The van der Waals surface area contributed by atoms with Gasteiger partial charge in [0, 0.05) is 32.9 Å². The predicted octanol–water partition coefficient (Wildman–Crippen LogP) is 7.31. The maximum absolute atomic E-state index is 11.0. The van der Waals surface area contributed by atoms with E-state index in [1.165, 1.54) is 0 Å². The summed E-state index contributed by atoms with van der Waals surface area (Å²) in [5, 5.41) is 11.1. The first-order valence-electron chi connectivity index (χ1n) is 9.21. The molecule has 30 heavy (non-hydrogen) atoms. The van der Waals surface area contributed by atoms with E-state index in [1.54, 1.807) is 30.1 Å². The minimum absolute atomic E-state index is 0.109. The van der Waals surface area contributed by atoms with Crippen LogP contribution in [0.2, 0.25) is 10.0 Å². The van der Waals surface area contributed by atoms with Gasteiger partial charge in [0.25, 0.3) is 0 Å². The van der Waals surface area contributed by atoms with Crippen LogP contribution in [0.1, 0.15) is 12.0 Å². The molecule has 0 radical (unpaired) electrons. The van der Waals surface area contributed by atoms with E-state index in [2.05, 4.69) is 3.97 Å². The van der Waals surface area contributed by atoms with Gasteiger partial charge in [0.05, 0.1) is 5.52 Å². The molecule has 1 aromatic heterocycles. The van der Waals surface area contributed by atoms with Crippen molar-refractivity contribution in [2.45, 2.75) is 17.7 Å². The number of fused-ring (bicyclic) bond motifs is 1. The van der Waals surface area contributed by atoms with E-state index in [1.807, 2.05) is 54.7 Å². The summed E-state index contributed by atoms with van der Waals surface area (Å²) in [5.74, 6) is 0.459. The molecule has 4 aromatic rings. The highest BCUT2D eigenvalue weighted by molar-refractivity contribution is 7.98. The van der Waals surface area contributed by atoms with Gasteiger partial charge in [-0.05, 0) is 72.5 Å². The monoisotopic (exact) mass is 457 g/mol. The third-order valence-electron chi connectivity index (χ3n) is 4.47. The van der Waals surface area contributed by atoms with E-state index in [0.717, 1.165) is 21.4 Å². The lowest BCUT2D eigenvalue weighted by atomic mass is 10.1. The Hall–Kier alpha value is -2.60. The number of aromatic nitrogens is 1. The van der Waals surface area contributed by atoms with E-state index >= 15 is 0 Å². The lowest BCUT2D eigenvalue weighted by molar-refractivity contribution is -0.136. The zero-order valence-corrected chi connectivity index (χ0v) is 18.0. The zero-order chi connectivity index (χ0) is 21.1. The molecule has 1 N–H and O–H groups in total. The standard InChI is InChI=1S/C23H17Cl2NO3S/c24-16-11-17(25)13-19(12-16)29-18-6-8-20(9-7-18)30-26-14-15(5-10-23(27)28)21-3-1-2-4-22(21)26/h1-4,6-9,11-14H,5,10H2,(H,27,28). The van der Waals surface area contributed by atoms with Gasteiger partial charge in [-0.15, -0.1) is 0 Å². The number of hydrogen-bond donors (Lipinski definition) is 1. The molecule has 0 saturated carbocycles. The van der Waals surface area contributed by atoms with Crippen LogP contribution in [0.5, 0.6) is 11.5 Å². The largest absolute Gasteiger partial charge is 0.481 e. The van der Waals surface area contributed by atoms with Crippen LogP contribution in [-0.4, -0.2) is 15.0 Å². The first-order valence-corrected chi connectivity index (χ1v) is 10.7. The van der Waals surface area contributed by atoms with Crippen LogP contribution < -0.4 is 4.74 Å². The van der Waals surface area contributed by atoms with Crippen molar-refractivity contribution in [2.75, 3.05) is 0 Å². The van der Waals surface area contributed by atoms with Crippen LogP contribution in [0.25, 0.3) is 10.9 Å². The van der Waals surface area contributed by atoms with Crippen molar-refractivity contribution in [1.82, 2.24) is 3.97 Å². The lowest BCUT2D eigenvalue weighted by Gasteiger charge is -2.08. The summed E-state index contributed by atoms with van der Waals surface area (Å²) in [5.41, 5.74) is 2.08. The van der Waals surface area contributed by atoms with Crippen LogP contribution >= 0.6 is 35.1 Å². The van der Waals surface area contributed by atoms with Gasteiger partial charge < -0.3 is 9.84 Å². The zero-order valence-electron chi connectivity index (χ0n) is 15.7. The van der Waals surface area contributed by atoms with Gasteiger partial charge in [0.2, 0.25) is 0 Å². The highest BCUT2D eigenvalue weighted by atomic mass is 35.5. The summed E-state index contributed by atoms with van der Waals surface area (Å²) >= 11 is 13.6. The number of para-hydroxylation sites is 1. The predicted molar refractivity (Wildman–Crippen MR) is 122 cm³/mol. The number of halogens is 2. The molecule has 0 spiro atoms. The number of carboxylic acid groups (broad SMARTS) is 1. The Bertz CT molecular complexity index is 1180. The Balaban J connectivity index is 1.53. The normalized spacial score (nSPS) is 11.0. The Labute approximate surface area is 188 Å². The molecular formula is C23H17Cl2NO3S. The minimum Gasteiger partial charge on any atom is -0.481 e. The molecule has 0 fully saturated rings.